The van der Waals surface area contributed by atoms with Crippen molar-refractivity contribution in [3.8, 4) is 0 Å². The van der Waals surface area contributed by atoms with Crippen molar-refractivity contribution in [3.05, 3.63) is 39.0 Å². The van der Waals surface area contributed by atoms with Gasteiger partial charge in [0, 0.05) is 9.14 Å². The molecule has 0 atom stereocenters. The van der Waals surface area contributed by atoms with Crippen molar-refractivity contribution in [3.63, 3.8) is 0 Å². The third kappa shape index (κ3) is 2.57. The number of hydrogen-bond donors (Lipinski definition) is 1. The first kappa shape index (κ1) is 11.2. The van der Waals surface area contributed by atoms with Crippen LogP contribution >= 0.6 is 22.6 Å². The molecule has 0 aliphatic heterocycles. The number of primary amides is 1. The molecule has 0 aromatic heterocycles. The number of nitrogens with two attached hydrogens (primary N) is 1. The molecule has 1 aromatic rings. The Labute approximate surface area is 97.3 Å². The van der Waals surface area contributed by atoms with Crippen LogP contribution in [-0.4, -0.2) is 5.91 Å². The number of benzene rings is 1. The lowest BCUT2D eigenvalue weighted by molar-refractivity contribution is -0.112. The van der Waals surface area contributed by atoms with E-state index in [-0.39, 0.29) is 5.91 Å². The molecule has 0 spiro atoms. The van der Waals surface area contributed by atoms with Gasteiger partial charge in [0.2, 0.25) is 5.91 Å². The van der Waals surface area contributed by atoms with E-state index in [9.17, 15) is 4.79 Å². The van der Waals surface area contributed by atoms with Crippen molar-refractivity contribution in [1.29, 1.82) is 0 Å². The first-order chi connectivity index (χ1) is 6.52. The molecular weight excluding hydrogens is 289 g/mol. The first-order valence-electron chi connectivity index (χ1n) is 4.25. The number of hydrogen-bond acceptors (Lipinski definition) is 1. The number of rotatable bonds is 2. The van der Waals surface area contributed by atoms with Crippen LogP contribution < -0.4 is 5.73 Å². The number of amides is 1. The van der Waals surface area contributed by atoms with Gasteiger partial charge in [-0.3, -0.25) is 4.79 Å². The fourth-order valence-corrected chi connectivity index (χ4v) is 1.65. The van der Waals surface area contributed by atoms with Crippen LogP contribution in [-0.2, 0) is 4.79 Å². The SMILES string of the molecule is CC(C)=C(C(N)=O)c1ccc(I)cc1. The topological polar surface area (TPSA) is 43.1 Å². The second-order valence-corrected chi connectivity index (χ2v) is 4.49. The lowest BCUT2D eigenvalue weighted by Gasteiger charge is -2.05. The van der Waals surface area contributed by atoms with Crippen LogP contribution in [0.25, 0.3) is 5.57 Å². The second kappa shape index (κ2) is 4.59. The predicted octanol–water partition coefficient (Wildman–Crippen LogP) is 2.57. The summed E-state index contributed by atoms with van der Waals surface area (Å²) in [5.74, 6) is -0.369. The summed E-state index contributed by atoms with van der Waals surface area (Å²) in [4.78, 5) is 11.2. The minimum atomic E-state index is -0.369. The molecule has 0 saturated heterocycles. The maximum atomic E-state index is 11.2. The highest BCUT2D eigenvalue weighted by molar-refractivity contribution is 14.1. The van der Waals surface area contributed by atoms with E-state index in [0.29, 0.717) is 5.57 Å². The Morgan fingerprint density at radius 1 is 1.21 bits per heavy atom. The number of carbonyl (C=O) groups excluding carboxylic acids is 1. The van der Waals surface area contributed by atoms with E-state index in [1.165, 1.54) is 0 Å². The number of carbonyl (C=O) groups is 1. The number of halogens is 1. The maximum absolute atomic E-state index is 11.2. The van der Waals surface area contributed by atoms with Gasteiger partial charge in [0.1, 0.15) is 0 Å². The highest BCUT2D eigenvalue weighted by atomic mass is 127. The molecule has 0 fully saturated rings. The van der Waals surface area contributed by atoms with Crippen LogP contribution in [0, 0.1) is 3.57 Å². The first-order valence-corrected chi connectivity index (χ1v) is 5.33. The van der Waals surface area contributed by atoms with Gasteiger partial charge in [-0.15, -0.1) is 0 Å². The third-order valence-electron chi connectivity index (χ3n) is 1.88. The summed E-state index contributed by atoms with van der Waals surface area (Å²) >= 11 is 2.22. The summed E-state index contributed by atoms with van der Waals surface area (Å²) in [5, 5.41) is 0. The molecule has 1 amide bonds. The Morgan fingerprint density at radius 2 is 1.71 bits per heavy atom. The molecule has 0 aliphatic rings. The van der Waals surface area contributed by atoms with Gasteiger partial charge in [0.15, 0.2) is 0 Å². The average molecular weight is 301 g/mol. The summed E-state index contributed by atoms with van der Waals surface area (Å²) in [5.41, 5.74) is 7.75. The van der Waals surface area contributed by atoms with Crippen molar-refractivity contribution in [1.82, 2.24) is 0 Å². The summed E-state index contributed by atoms with van der Waals surface area (Å²) in [6, 6.07) is 7.74. The van der Waals surface area contributed by atoms with E-state index in [1.807, 2.05) is 38.1 Å². The molecule has 2 nitrogen and oxygen atoms in total. The van der Waals surface area contributed by atoms with Gasteiger partial charge >= 0.3 is 0 Å². The van der Waals surface area contributed by atoms with Gasteiger partial charge in [-0.1, -0.05) is 17.7 Å². The van der Waals surface area contributed by atoms with Gasteiger partial charge in [-0.2, -0.15) is 0 Å². The quantitative estimate of drug-likeness (QED) is 0.662. The van der Waals surface area contributed by atoms with Gasteiger partial charge in [-0.05, 0) is 54.1 Å². The van der Waals surface area contributed by atoms with Crippen LogP contribution in [0.1, 0.15) is 19.4 Å². The highest BCUT2D eigenvalue weighted by Gasteiger charge is 2.09. The minimum Gasteiger partial charge on any atom is -0.366 e. The van der Waals surface area contributed by atoms with E-state index < -0.39 is 0 Å². The third-order valence-corrected chi connectivity index (χ3v) is 2.60. The smallest absolute Gasteiger partial charge is 0.249 e. The summed E-state index contributed by atoms with van der Waals surface area (Å²) in [6.07, 6.45) is 0. The normalized spacial score (nSPS) is 9.64. The van der Waals surface area contributed by atoms with Crippen LogP contribution in [0.2, 0.25) is 0 Å². The molecular formula is C11H12INO. The number of allylic oxidation sites excluding steroid dienone is 1. The van der Waals surface area contributed by atoms with E-state index in [0.717, 1.165) is 14.7 Å². The van der Waals surface area contributed by atoms with Crippen LogP contribution in [0.4, 0.5) is 0 Å². The fourth-order valence-electron chi connectivity index (χ4n) is 1.29. The molecule has 0 radical (unpaired) electrons. The van der Waals surface area contributed by atoms with Crippen LogP contribution in [0.15, 0.2) is 29.8 Å². The Balaban J connectivity index is 3.21. The van der Waals surface area contributed by atoms with Crippen molar-refractivity contribution in [2.45, 2.75) is 13.8 Å². The van der Waals surface area contributed by atoms with Crippen LogP contribution in [0.5, 0.6) is 0 Å². The average Bonchev–Trinajstić information content (AvgIpc) is 2.07. The van der Waals surface area contributed by atoms with Crippen molar-refractivity contribution in [2.75, 3.05) is 0 Å². The van der Waals surface area contributed by atoms with Crippen molar-refractivity contribution < 1.29 is 4.79 Å². The summed E-state index contributed by atoms with van der Waals surface area (Å²) in [6.45, 7) is 3.77. The summed E-state index contributed by atoms with van der Waals surface area (Å²) in [7, 11) is 0. The van der Waals surface area contributed by atoms with Crippen LogP contribution in [0.3, 0.4) is 0 Å². The van der Waals surface area contributed by atoms with E-state index in [2.05, 4.69) is 22.6 Å². The predicted molar refractivity (Wildman–Crippen MR) is 66.6 cm³/mol. The molecule has 14 heavy (non-hydrogen) atoms. The lowest BCUT2D eigenvalue weighted by Crippen LogP contribution is -2.14. The zero-order chi connectivity index (χ0) is 10.7. The molecule has 0 heterocycles. The molecule has 0 aliphatic carbocycles. The van der Waals surface area contributed by atoms with Gasteiger partial charge in [0.05, 0.1) is 0 Å². The Bertz CT molecular complexity index is 375. The zero-order valence-corrected chi connectivity index (χ0v) is 10.3. The zero-order valence-electron chi connectivity index (χ0n) is 8.17. The maximum Gasteiger partial charge on any atom is 0.249 e. The summed E-state index contributed by atoms with van der Waals surface area (Å²) < 4.78 is 1.14. The molecule has 0 unspecified atom stereocenters. The Hall–Kier alpha value is -0.840. The van der Waals surface area contributed by atoms with Gasteiger partial charge < -0.3 is 5.73 Å². The molecule has 74 valence electrons. The molecule has 2 N–H and O–H groups in total. The van der Waals surface area contributed by atoms with E-state index >= 15 is 0 Å². The van der Waals surface area contributed by atoms with Crippen molar-refractivity contribution >= 4 is 34.1 Å². The second-order valence-electron chi connectivity index (χ2n) is 3.25. The standard InChI is InChI=1S/C11H12INO/c1-7(2)10(11(13)14)8-3-5-9(12)6-4-8/h3-6H,1-2H3,(H2,13,14). The minimum absolute atomic E-state index is 0.369. The van der Waals surface area contributed by atoms with Crippen molar-refractivity contribution in [2.24, 2.45) is 5.73 Å². The molecule has 1 rings (SSSR count). The Morgan fingerprint density at radius 3 is 2.07 bits per heavy atom. The Kier molecular flexibility index (Phi) is 3.69. The molecule has 0 saturated carbocycles. The fraction of sp³-hybridized carbons (Fsp3) is 0.182. The van der Waals surface area contributed by atoms with E-state index in [1.54, 1.807) is 0 Å². The molecule has 0 bridgehead atoms. The van der Waals surface area contributed by atoms with Gasteiger partial charge in [-0.25, -0.2) is 0 Å². The monoisotopic (exact) mass is 301 g/mol. The largest absolute Gasteiger partial charge is 0.366 e. The molecule has 3 heteroatoms. The highest BCUT2D eigenvalue weighted by Crippen LogP contribution is 2.19. The lowest BCUT2D eigenvalue weighted by atomic mass is 10.0. The molecule has 1 aromatic carbocycles. The van der Waals surface area contributed by atoms with E-state index in [4.69, 9.17) is 5.73 Å². The van der Waals surface area contributed by atoms with Gasteiger partial charge in [0.25, 0.3) is 0 Å².